The van der Waals surface area contributed by atoms with Gasteiger partial charge in [0, 0.05) is 24.2 Å². The number of benzene rings is 1. The molecule has 3 nitrogen and oxygen atoms in total. The van der Waals surface area contributed by atoms with E-state index in [0.29, 0.717) is 12.5 Å². The van der Waals surface area contributed by atoms with E-state index in [9.17, 15) is 4.79 Å². The maximum absolute atomic E-state index is 12.6. The molecule has 1 amide bonds. The highest BCUT2D eigenvalue weighted by Crippen LogP contribution is 2.23. The van der Waals surface area contributed by atoms with Crippen molar-refractivity contribution in [3.05, 3.63) is 34.9 Å². The van der Waals surface area contributed by atoms with E-state index in [1.165, 1.54) is 12.8 Å². The van der Waals surface area contributed by atoms with E-state index in [1.807, 2.05) is 30.0 Å². The summed E-state index contributed by atoms with van der Waals surface area (Å²) in [5.41, 5.74) is 8.08. The highest BCUT2D eigenvalue weighted by molar-refractivity contribution is 5.95. The first-order valence-corrected chi connectivity index (χ1v) is 7.74. The van der Waals surface area contributed by atoms with E-state index in [4.69, 9.17) is 5.73 Å². The fourth-order valence-electron chi connectivity index (χ4n) is 2.98. The largest absolute Gasteiger partial charge is 0.338 e. The van der Waals surface area contributed by atoms with Crippen LogP contribution in [0.25, 0.3) is 0 Å². The van der Waals surface area contributed by atoms with Crippen LogP contribution >= 0.6 is 0 Å². The van der Waals surface area contributed by atoms with Crippen LogP contribution in [0.2, 0.25) is 0 Å². The monoisotopic (exact) mass is 284 g/mol. The van der Waals surface area contributed by atoms with E-state index in [-0.39, 0.29) is 5.91 Å². The van der Waals surface area contributed by atoms with Crippen LogP contribution < -0.4 is 5.73 Å². The number of aryl methyl sites for hydroxylation is 1. The highest BCUT2D eigenvalue weighted by atomic mass is 16.2. The number of amides is 1. The zero-order chi connectivity index (χ0) is 15.2. The second-order valence-corrected chi connectivity index (χ2v) is 5.79. The van der Waals surface area contributed by atoms with Gasteiger partial charge in [0.15, 0.2) is 0 Å². The van der Waals surface area contributed by atoms with Crippen LogP contribution in [0.15, 0.2) is 18.2 Å². The van der Waals surface area contributed by atoms with Crippen molar-refractivity contribution in [3.8, 4) is 11.8 Å². The van der Waals surface area contributed by atoms with Gasteiger partial charge in [0.25, 0.3) is 5.91 Å². The van der Waals surface area contributed by atoms with E-state index in [0.717, 1.165) is 36.2 Å². The lowest BCUT2D eigenvalue weighted by atomic mass is 10.0. The van der Waals surface area contributed by atoms with Gasteiger partial charge in [-0.1, -0.05) is 25.2 Å². The molecule has 2 rings (SSSR count). The predicted molar refractivity (Wildman–Crippen MR) is 86.0 cm³/mol. The average Bonchev–Trinajstić information content (AvgIpc) is 2.93. The van der Waals surface area contributed by atoms with Crippen LogP contribution in [-0.4, -0.2) is 30.4 Å². The Hall–Kier alpha value is -1.79. The molecule has 1 fully saturated rings. The van der Waals surface area contributed by atoms with Crippen molar-refractivity contribution in [1.82, 2.24) is 4.90 Å². The lowest BCUT2D eigenvalue weighted by molar-refractivity contribution is 0.0786. The quantitative estimate of drug-likeness (QED) is 0.867. The van der Waals surface area contributed by atoms with Gasteiger partial charge < -0.3 is 10.6 Å². The Morgan fingerprint density at radius 2 is 2.24 bits per heavy atom. The molecule has 0 saturated carbocycles. The topological polar surface area (TPSA) is 46.3 Å². The average molecular weight is 284 g/mol. The fourth-order valence-corrected chi connectivity index (χ4v) is 2.98. The summed E-state index contributed by atoms with van der Waals surface area (Å²) in [4.78, 5) is 14.6. The Balaban J connectivity index is 2.14. The molecule has 3 heteroatoms. The van der Waals surface area contributed by atoms with Gasteiger partial charge >= 0.3 is 0 Å². The molecule has 2 N–H and O–H groups in total. The normalized spacial score (nSPS) is 17.5. The predicted octanol–water partition coefficient (Wildman–Crippen LogP) is 2.57. The van der Waals surface area contributed by atoms with Gasteiger partial charge in [-0.25, -0.2) is 0 Å². The third-order valence-corrected chi connectivity index (χ3v) is 3.93. The van der Waals surface area contributed by atoms with Crippen molar-refractivity contribution >= 4 is 5.91 Å². The minimum Gasteiger partial charge on any atom is -0.338 e. The first-order chi connectivity index (χ1) is 10.1. The molecular formula is C18H24N2O. The van der Waals surface area contributed by atoms with Gasteiger partial charge in [0.2, 0.25) is 0 Å². The standard InChI is InChI=1S/C18H24N2O/c1-3-5-15-7-9-20(13-15)18(21)17-11-14(2)10-16(12-17)6-4-8-19/h10-12,15H,3,5,7-9,13,19H2,1-2H3. The molecule has 0 aromatic heterocycles. The van der Waals surface area contributed by atoms with E-state index in [2.05, 4.69) is 18.8 Å². The van der Waals surface area contributed by atoms with E-state index >= 15 is 0 Å². The van der Waals surface area contributed by atoms with Crippen LogP contribution in [0.1, 0.15) is 47.7 Å². The third-order valence-electron chi connectivity index (χ3n) is 3.93. The smallest absolute Gasteiger partial charge is 0.253 e. The maximum Gasteiger partial charge on any atom is 0.253 e. The van der Waals surface area contributed by atoms with Gasteiger partial charge in [-0.15, -0.1) is 0 Å². The molecule has 1 atom stereocenters. The van der Waals surface area contributed by atoms with Crippen molar-refractivity contribution in [2.75, 3.05) is 19.6 Å². The number of carbonyl (C=O) groups is 1. The molecule has 1 aromatic carbocycles. The molecule has 1 aliphatic heterocycles. The van der Waals surface area contributed by atoms with Crippen molar-refractivity contribution in [2.45, 2.75) is 33.1 Å². The summed E-state index contributed by atoms with van der Waals surface area (Å²) in [6.07, 6.45) is 3.53. The Morgan fingerprint density at radius 1 is 1.43 bits per heavy atom. The molecule has 1 aliphatic rings. The minimum absolute atomic E-state index is 0.133. The van der Waals surface area contributed by atoms with Crippen molar-refractivity contribution < 1.29 is 4.79 Å². The number of likely N-dealkylation sites (tertiary alicyclic amines) is 1. The van der Waals surface area contributed by atoms with Gasteiger partial charge in [0.05, 0.1) is 6.54 Å². The second-order valence-electron chi connectivity index (χ2n) is 5.79. The first kappa shape index (κ1) is 15.6. The summed E-state index contributed by atoms with van der Waals surface area (Å²) in [7, 11) is 0. The van der Waals surface area contributed by atoms with Gasteiger partial charge in [0.1, 0.15) is 0 Å². The van der Waals surface area contributed by atoms with Crippen LogP contribution in [0.3, 0.4) is 0 Å². The molecule has 1 unspecified atom stereocenters. The van der Waals surface area contributed by atoms with Crippen LogP contribution in [-0.2, 0) is 0 Å². The Bertz CT molecular complexity index is 568. The first-order valence-electron chi connectivity index (χ1n) is 7.74. The fraction of sp³-hybridized carbons (Fsp3) is 0.500. The Labute approximate surface area is 127 Å². The maximum atomic E-state index is 12.6. The summed E-state index contributed by atoms with van der Waals surface area (Å²) in [6.45, 7) is 6.30. The van der Waals surface area contributed by atoms with Crippen LogP contribution in [0.5, 0.6) is 0 Å². The highest BCUT2D eigenvalue weighted by Gasteiger charge is 2.26. The number of hydrogen-bond donors (Lipinski definition) is 1. The van der Waals surface area contributed by atoms with Gasteiger partial charge in [-0.05, 0) is 49.4 Å². The van der Waals surface area contributed by atoms with Crippen molar-refractivity contribution in [2.24, 2.45) is 11.7 Å². The molecular weight excluding hydrogens is 260 g/mol. The van der Waals surface area contributed by atoms with E-state index in [1.54, 1.807) is 0 Å². The lowest BCUT2D eigenvalue weighted by Gasteiger charge is -2.17. The number of hydrogen-bond acceptors (Lipinski definition) is 2. The molecule has 0 radical (unpaired) electrons. The van der Waals surface area contributed by atoms with Crippen molar-refractivity contribution in [1.29, 1.82) is 0 Å². The summed E-state index contributed by atoms with van der Waals surface area (Å²) in [6, 6.07) is 5.82. The van der Waals surface area contributed by atoms with Gasteiger partial charge in [-0.2, -0.15) is 0 Å². The Morgan fingerprint density at radius 3 is 2.95 bits per heavy atom. The van der Waals surface area contributed by atoms with Crippen molar-refractivity contribution in [3.63, 3.8) is 0 Å². The molecule has 0 aliphatic carbocycles. The molecule has 21 heavy (non-hydrogen) atoms. The summed E-state index contributed by atoms with van der Waals surface area (Å²) in [5, 5.41) is 0. The number of rotatable bonds is 3. The van der Waals surface area contributed by atoms with E-state index < -0.39 is 0 Å². The summed E-state index contributed by atoms with van der Waals surface area (Å²) >= 11 is 0. The Kier molecular flexibility index (Phi) is 5.41. The van der Waals surface area contributed by atoms with Gasteiger partial charge in [-0.3, -0.25) is 4.79 Å². The van der Waals surface area contributed by atoms with Crippen LogP contribution in [0.4, 0.5) is 0 Å². The molecule has 1 saturated heterocycles. The SMILES string of the molecule is CCCC1CCN(C(=O)c2cc(C)cc(C#CCN)c2)C1. The second kappa shape index (κ2) is 7.28. The molecule has 112 valence electrons. The molecule has 0 bridgehead atoms. The summed E-state index contributed by atoms with van der Waals surface area (Å²) in [5.74, 6) is 6.66. The lowest BCUT2D eigenvalue weighted by Crippen LogP contribution is -2.28. The molecule has 1 aromatic rings. The third kappa shape index (κ3) is 4.09. The van der Waals surface area contributed by atoms with Crippen LogP contribution in [0, 0.1) is 24.7 Å². The molecule has 0 spiro atoms. The number of nitrogens with zero attached hydrogens (tertiary/aromatic N) is 1. The zero-order valence-corrected chi connectivity index (χ0v) is 13.0. The number of carbonyl (C=O) groups excluding carboxylic acids is 1. The minimum atomic E-state index is 0.133. The molecule has 1 heterocycles. The summed E-state index contributed by atoms with van der Waals surface area (Å²) < 4.78 is 0. The zero-order valence-electron chi connectivity index (χ0n) is 13.0. The number of nitrogens with two attached hydrogens (primary N) is 1.